The average Bonchev–Trinajstić information content (AvgIpc) is 2.64. The van der Waals surface area contributed by atoms with E-state index in [2.05, 4.69) is 10.3 Å². The van der Waals surface area contributed by atoms with Crippen LogP contribution in [0.4, 0.5) is 24.7 Å². The molecule has 8 heteroatoms. The lowest BCUT2D eigenvalue weighted by atomic mass is 10.2. The molecule has 144 valence electrons. The van der Waals surface area contributed by atoms with E-state index in [1.807, 2.05) is 41.0 Å². The SMILES string of the molecule is Cc1ccc(NC(=O)CN2CCN(c3ccc(C(F)(F)F)cn3)CC2)cc1. The van der Waals surface area contributed by atoms with E-state index in [1.165, 1.54) is 6.07 Å². The van der Waals surface area contributed by atoms with Gasteiger partial charge in [-0.15, -0.1) is 0 Å². The van der Waals surface area contributed by atoms with Gasteiger partial charge in [0.1, 0.15) is 5.82 Å². The third-order valence-electron chi connectivity index (χ3n) is 4.47. The molecule has 0 atom stereocenters. The summed E-state index contributed by atoms with van der Waals surface area (Å²) >= 11 is 0. The molecule has 0 bridgehead atoms. The number of nitrogens with one attached hydrogen (secondary N) is 1. The van der Waals surface area contributed by atoms with E-state index in [-0.39, 0.29) is 12.5 Å². The Morgan fingerprint density at radius 3 is 2.30 bits per heavy atom. The number of alkyl halides is 3. The van der Waals surface area contributed by atoms with Crippen molar-refractivity contribution in [3.63, 3.8) is 0 Å². The Labute approximate surface area is 155 Å². The molecule has 5 nitrogen and oxygen atoms in total. The Balaban J connectivity index is 1.48. The molecular formula is C19H21F3N4O. The van der Waals surface area contributed by atoms with Crippen LogP contribution in [0.15, 0.2) is 42.6 Å². The molecule has 2 aromatic rings. The summed E-state index contributed by atoms with van der Waals surface area (Å²) in [6.07, 6.45) is -3.52. The van der Waals surface area contributed by atoms with Gasteiger partial charge in [-0.25, -0.2) is 4.98 Å². The van der Waals surface area contributed by atoms with Crippen LogP contribution in [0, 0.1) is 6.92 Å². The number of carbonyl (C=O) groups excluding carboxylic acids is 1. The predicted octanol–water partition coefficient (Wildman–Crippen LogP) is 3.17. The number of hydrogen-bond donors (Lipinski definition) is 1. The van der Waals surface area contributed by atoms with Gasteiger partial charge in [-0.3, -0.25) is 9.69 Å². The lowest BCUT2D eigenvalue weighted by Gasteiger charge is -2.35. The minimum Gasteiger partial charge on any atom is -0.354 e. The van der Waals surface area contributed by atoms with E-state index in [0.29, 0.717) is 32.0 Å². The van der Waals surface area contributed by atoms with E-state index in [4.69, 9.17) is 0 Å². The largest absolute Gasteiger partial charge is 0.417 e. The van der Waals surface area contributed by atoms with E-state index >= 15 is 0 Å². The number of nitrogens with zero attached hydrogens (tertiary/aromatic N) is 3. The summed E-state index contributed by atoms with van der Waals surface area (Å²) in [5.41, 5.74) is 1.14. The second-order valence-electron chi connectivity index (χ2n) is 6.58. The fraction of sp³-hybridized carbons (Fsp3) is 0.368. The zero-order valence-electron chi connectivity index (χ0n) is 15.0. The van der Waals surface area contributed by atoms with Crippen molar-refractivity contribution in [2.24, 2.45) is 0 Å². The summed E-state index contributed by atoms with van der Waals surface area (Å²) in [6, 6.07) is 10.0. The number of pyridine rings is 1. The summed E-state index contributed by atoms with van der Waals surface area (Å²) in [5, 5.41) is 2.87. The summed E-state index contributed by atoms with van der Waals surface area (Å²) < 4.78 is 37.8. The molecule has 1 amide bonds. The minimum absolute atomic E-state index is 0.0834. The first kappa shape index (κ1) is 19.2. The highest BCUT2D eigenvalue weighted by atomic mass is 19.4. The molecule has 1 aromatic carbocycles. The number of halogens is 3. The molecule has 1 fully saturated rings. The highest BCUT2D eigenvalue weighted by Crippen LogP contribution is 2.29. The predicted molar refractivity (Wildman–Crippen MR) is 97.7 cm³/mol. The smallest absolute Gasteiger partial charge is 0.354 e. The molecule has 1 N–H and O–H groups in total. The summed E-state index contributed by atoms with van der Waals surface area (Å²) in [6.45, 7) is 4.76. The third kappa shape index (κ3) is 5.19. The monoisotopic (exact) mass is 378 g/mol. The Hall–Kier alpha value is -2.61. The van der Waals surface area contributed by atoms with Gasteiger partial charge in [0.2, 0.25) is 5.91 Å². The highest BCUT2D eigenvalue weighted by Gasteiger charge is 2.31. The molecule has 0 saturated carbocycles. The lowest BCUT2D eigenvalue weighted by Crippen LogP contribution is -2.48. The first-order valence-corrected chi connectivity index (χ1v) is 8.68. The van der Waals surface area contributed by atoms with Crippen LogP contribution in [0.3, 0.4) is 0 Å². The van der Waals surface area contributed by atoms with Crippen LogP contribution in [0.2, 0.25) is 0 Å². The number of carbonyl (C=O) groups is 1. The number of amides is 1. The fourth-order valence-electron chi connectivity index (χ4n) is 2.92. The number of piperazine rings is 1. The van der Waals surface area contributed by atoms with Crippen LogP contribution >= 0.6 is 0 Å². The molecule has 3 rings (SSSR count). The second kappa shape index (κ2) is 7.96. The maximum absolute atomic E-state index is 12.6. The van der Waals surface area contributed by atoms with Crippen molar-refractivity contribution in [2.45, 2.75) is 13.1 Å². The van der Waals surface area contributed by atoms with Gasteiger partial charge in [0, 0.05) is 38.1 Å². The molecule has 0 aliphatic carbocycles. The molecular weight excluding hydrogens is 357 g/mol. The topological polar surface area (TPSA) is 48.5 Å². The fourth-order valence-corrected chi connectivity index (χ4v) is 2.92. The molecule has 1 saturated heterocycles. The zero-order chi connectivity index (χ0) is 19.4. The normalized spacial score (nSPS) is 15.6. The molecule has 1 aromatic heterocycles. The quantitative estimate of drug-likeness (QED) is 0.888. The van der Waals surface area contributed by atoms with Gasteiger partial charge in [-0.1, -0.05) is 17.7 Å². The van der Waals surface area contributed by atoms with E-state index in [9.17, 15) is 18.0 Å². The van der Waals surface area contributed by atoms with Gasteiger partial charge >= 0.3 is 6.18 Å². The summed E-state index contributed by atoms with van der Waals surface area (Å²) in [5.74, 6) is 0.437. The number of rotatable bonds is 4. The maximum atomic E-state index is 12.6. The zero-order valence-corrected chi connectivity index (χ0v) is 15.0. The Morgan fingerprint density at radius 1 is 1.07 bits per heavy atom. The van der Waals surface area contributed by atoms with Gasteiger partial charge < -0.3 is 10.2 Å². The van der Waals surface area contributed by atoms with Gasteiger partial charge in [-0.2, -0.15) is 13.2 Å². The van der Waals surface area contributed by atoms with E-state index in [0.717, 1.165) is 23.5 Å². The summed E-state index contributed by atoms with van der Waals surface area (Å²) in [7, 11) is 0. The minimum atomic E-state index is -4.38. The molecule has 2 heterocycles. The molecule has 0 unspecified atom stereocenters. The van der Waals surface area contributed by atoms with Crippen LogP contribution < -0.4 is 10.2 Å². The van der Waals surface area contributed by atoms with Crippen molar-refractivity contribution >= 4 is 17.4 Å². The number of anilines is 2. The van der Waals surface area contributed by atoms with Gasteiger partial charge in [0.15, 0.2) is 0 Å². The molecule has 0 spiro atoms. The van der Waals surface area contributed by atoms with Crippen LogP contribution in [0.25, 0.3) is 0 Å². The number of benzene rings is 1. The Morgan fingerprint density at radius 2 is 1.74 bits per heavy atom. The average molecular weight is 378 g/mol. The van der Waals surface area contributed by atoms with Crippen LogP contribution in [0.1, 0.15) is 11.1 Å². The lowest BCUT2D eigenvalue weighted by molar-refractivity contribution is -0.137. The van der Waals surface area contributed by atoms with Crippen LogP contribution in [-0.2, 0) is 11.0 Å². The third-order valence-corrected chi connectivity index (χ3v) is 4.47. The molecule has 1 aliphatic heterocycles. The number of aromatic nitrogens is 1. The molecule has 27 heavy (non-hydrogen) atoms. The van der Waals surface area contributed by atoms with Crippen molar-refractivity contribution < 1.29 is 18.0 Å². The number of hydrogen-bond acceptors (Lipinski definition) is 4. The standard InChI is InChI=1S/C19H21F3N4O/c1-14-2-5-16(6-3-14)24-18(27)13-25-8-10-26(11-9-25)17-7-4-15(12-23-17)19(20,21)22/h2-7,12H,8-11,13H2,1H3,(H,24,27). The van der Waals surface area contributed by atoms with Crippen molar-refractivity contribution in [3.8, 4) is 0 Å². The van der Waals surface area contributed by atoms with E-state index < -0.39 is 11.7 Å². The molecule has 1 aliphatic rings. The van der Waals surface area contributed by atoms with Crippen molar-refractivity contribution in [1.82, 2.24) is 9.88 Å². The second-order valence-corrected chi connectivity index (χ2v) is 6.58. The maximum Gasteiger partial charge on any atom is 0.417 e. The van der Waals surface area contributed by atoms with Crippen molar-refractivity contribution in [1.29, 1.82) is 0 Å². The van der Waals surface area contributed by atoms with Crippen molar-refractivity contribution in [3.05, 3.63) is 53.7 Å². The Bertz CT molecular complexity index is 767. The molecule has 0 radical (unpaired) electrons. The van der Waals surface area contributed by atoms with Gasteiger partial charge in [0.05, 0.1) is 12.1 Å². The Kier molecular flexibility index (Phi) is 5.65. The summed E-state index contributed by atoms with van der Waals surface area (Å²) in [4.78, 5) is 20.0. The highest BCUT2D eigenvalue weighted by molar-refractivity contribution is 5.92. The first-order chi connectivity index (χ1) is 12.8. The van der Waals surface area contributed by atoms with Gasteiger partial charge in [0.25, 0.3) is 0 Å². The van der Waals surface area contributed by atoms with Crippen molar-refractivity contribution in [2.75, 3.05) is 42.9 Å². The van der Waals surface area contributed by atoms with Crippen LogP contribution in [0.5, 0.6) is 0 Å². The number of aryl methyl sites for hydroxylation is 1. The van der Waals surface area contributed by atoms with E-state index in [1.54, 1.807) is 0 Å². The first-order valence-electron chi connectivity index (χ1n) is 8.68. The van der Waals surface area contributed by atoms with Gasteiger partial charge in [-0.05, 0) is 31.2 Å². The van der Waals surface area contributed by atoms with Crippen LogP contribution in [-0.4, -0.2) is 48.5 Å².